The molecule has 1 saturated carbocycles. The molecule has 0 bridgehead atoms. The lowest BCUT2D eigenvalue weighted by atomic mass is 10.1. The first-order chi connectivity index (χ1) is 9.79. The normalized spacial score (nSPS) is 21.1. The molecule has 0 spiro atoms. The van der Waals surface area contributed by atoms with E-state index < -0.39 is 0 Å². The Morgan fingerprint density at radius 1 is 1.20 bits per heavy atom. The van der Waals surface area contributed by atoms with Crippen LogP contribution < -0.4 is 10.6 Å². The molecule has 0 unspecified atom stereocenters. The Labute approximate surface area is 120 Å². The van der Waals surface area contributed by atoms with E-state index >= 15 is 0 Å². The Morgan fingerprint density at radius 3 is 2.55 bits per heavy atom. The van der Waals surface area contributed by atoms with Crippen LogP contribution in [-0.2, 0) is 0 Å². The lowest BCUT2D eigenvalue weighted by Crippen LogP contribution is -2.50. The summed E-state index contributed by atoms with van der Waals surface area (Å²) < 4.78 is 0. The minimum absolute atomic E-state index is 0.518. The molecular formula is C15H21N5. The van der Waals surface area contributed by atoms with E-state index in [1.54, 1.807) is 12.3 Å². The highest BCUT2D eigenvalue weighted by molar-refractivity contribution is 5.70. The molecule has 3 rings (SSSR count). The van der Waals surface area contributed by atoms with Gasteiger partial charge in [-0.15, -0.1) is 0 Å². The van der Waals surface area contributed by atoms with Crippen LogP contribution in [-0.4, -0.2) is 42.1 Å². The van der Waals surface area contributed by atoms with E-state index in [0.717, 1.165) is 38.0 Å². The number of nitrogens with two attached hydrogens (primary N) is 1. The van der Waals surface area contributed by atoms with E-state index in [9.17, 15) is 0 Å². The van der Waals surface area contributed by atoms with Crippen LogP contribution in [0.2, 0.25) is 0 Å². The minimum atomic E-state index is 0.518. The van der Waals surface area contributed by atoms with Gasteiger partial charge in [0.05, 0.1) is 11.3 Å². The van der Waals surface area contributed by atoms with Crippen LogP contribution in [0, 0.1) is 11.3 Å². The van der Waals surface area contributed by atoms with Crippen molar-refractivity contribution in [2.45, 2.75) is 31.7 Å². The molecule has 5 heteroatoms. The summed E-state index contributed by atoms with van der Waals surface area (Å²) in [5.74, 6) is 0.773. The highest BCUT2D eigenvalue weighted by atomic mass is 15.3. The zero-order chi connectivity index (χ0) is 13.9. The van der Waals surface area contributed by atoms with Gasteiger partial charge in [0.2, 0.25) is 0 Å². The third kappa shape index (κ3) is 2.44. The Balaban J connectivity index is 1.67. The van der Waals surface area contributed by atoms with Crippen molar-refractivity contribution in [1.82, 2.24) is 9.88 Å². The van der Waals surface area contributed by atoms with E-state index in [1.807, 2.05) is 0 Å². The van der Waals surface area contributed by atoms with Crippen LogP contribution in [0.5, 0.6) is 0 Å². The van der Waals surface area contributed by atoms with Gasteiger partial charge in [0, 0.05) is 38.4 Å². The molecule has 2 heterocycles. The van der Waals surface area contributed by atoms with Gasteiger partial charge in [0.1, 0.15) is 6.07 Å². The van der Waals surface area contributed by atoms with Gasteiger partial charge >= 0.3 is 0 Å². The lowest BCUT2D eigenvalue weighted by Gasteiger charge is -2.38. The number of hydrogen-bond acceptors (Lipinski definition) is 5. The maximum absolute atomic E-state index is 9.04. The first-order valence-corrected chi connectivity index (χ1v) is 7.43. The van der Waals surface area contributed by atoms with Crippen molar-refractivity contribution in [2.24, 2.45) is 0 Å². The molecule has 106 valence electrons. The summed E-state index contributed by atoms with van der Waals surface area (Å²) in [6.45, 7) is 4.04. The van der Waals surface area contributed by atoms with Crippen molar-refractivity contribution < 1.29 is 0 Å². The second kappa shape index (κ2) is 5.68. The molecule has 0 amide bonds. The van der Waals surface area contributed by atoms with E-state index in [0.29, 0.717) is 11.3 Å². The topological polar surface area (TPSA) is 69.2 Å². The molecule has 0 aromatic carbocycles. The number of aromatic nitrogens is 1. The predicted octanol–water partition coefficient (Wildman–Crippen LogP) is 1.60. The van der Waals surface area contributed by atoms with Crippen molar-refractivity contribution in [1.29, 1.82) is 5.26 Å². The monoisotopic (exact) mass is 271 g/mol. The Morgan fingerprint density at radius 2 is 1.90 bits per heavy atom. The SMILES string of the molecule is N#Cc1ccnc(N2CCN(C3CCCC3)CC2)c1N. The molecule has 2 fully saturated rings. The molecule has 1 aliphatic carbocycles. The van der Waals surface area contributed by atoms with Gasteiger partial charge in [-0.25, -0.2) is 4.98 Å². The van der Waals surface area contributed by atoms with E-state index in [1.165, 1.54) is 25.7 Å². The number of anilines is 2. The Hall–Kier alpha value is -1.80. The largest absolute Gasteiger partial charge is 0.395 e. The molecule has 2 N–H and O–H groups in total. The third-order valence-electron chi connectivity index (χ3n) is 4.54. The number of hydrogen-bond donors (Lipinski definition) is 1. The van der Waals surface area contributed by atoms with Crippen molar-refractivity contribution in [3.8, 4) is 6.07 Å². The summed E-state index contributed by atoms with van der Waals surface area (Å²) in [7, 11) is 0. The number of nitrogen functional groups attached to an aromatic ring is 1. The fourth-order valence-electron chi connectivity index (χ4n) is 3.38. The van der Waals surface area contributed by atoms with E-state index in [-0.39, 0.29) is 0 Å². The van der Waals surface area contributed by atoms with Crippen LogP contribution >= 0.6 is 0 Å². The molecule has 2 aliphatic rings. The zero-order valence-electron chi connectivity index (χ0n) is 11.8. The Bertz CT molecular complexity index is 507. The first-order valence-electron chi connectivity index (χ1n) is 7.43. The number of nitriles is 1. The van der Waals surface area contributed by atoms with Crippen LogP contribution in [0.15, 0.2) is 12.3 Å². The van der Waals surface area contributed by atoms with Crippen molar-refractivity contribution in [2.75, 3.05) is 36.8 Å². The standard InChI is InChI=1S/C15H21N5/c16-11-12-5-6-18-15(14(12)17)20-9-7-19(8-10-20)13-3-1-2-4-13/h5-6,13H,1-4,7-10,17H2. The molecule has 1 aromatic rings. The molecule has 20 heavy (non-hydrogen) atoms. The number of nitrogens with zero attached hydrogens (tertiary/aromatic N) is 4. The average Bonchev–Trinajstić information content (AvgIpc) is 3.02. The summed E-state index contributed by atoms with van der Waals surface area (Å²) in [4.78, 5) is 9.18. The van der Waals surface area contributed by atoms with Gasteiger partial charge in [0.25, 0.3) is 0 Å². The number of pyridine rings is 1. The fraction of sp³-hybridized carbons (Fsp3) is 0.600. The molecule has 0 atom stereocenters. The summed E-state index contributed by atoms with van der Waals surface area (Å²) in [6.07, 6.45) is 7.13. The van der Waals surface area contributed by atoms with Crippen molar-refractivity contribution >= 4 is 11.5 Å². The molecule has 1 saturated heterocycles. The minimum Gasteiger partial charge on any atom is -0.395 e. The number of piperazine rings is 1. The second-order valence-corrected chi connectivity index (χ2v) is 5.67. The fourth-order valence-corrected chi connectivity index (χ4v) is 3.38. The molecule has 1 aliphatic heterocycles. The van der Waals surface area contributed by atoms with Crippen molar-refractivity contribution in [3.05, 3.63) is 17.8 Å². The lowest BCUT2D eigenvalue weighted by molar-refractivity contribution is 0.187. The maximum atomic E-state index is 9.04. The van der Waals surface area contributed by atoms with Crippen LogP contribution in [0.25, 0.3) is 0 Å². The maximum Gasteiger partial charge on any atom is 0.153 e. The molecular weight excluding hydrogens is 250 g/mol. The van der Waals surface area contributed by atoms with E-state index in [2.05, 4.69) is 20.9 Å². The van der Waals surface area contributed by atoms with Gasteiger partial charge in [-0.1, -0.05) is 12.8 Å². The van der Waals surface area contributed by atoms with Gasteiger partial charge in [-0.05, 0) is 18.9 Å². The van der Waals surface area contributed by atoms with Gasteiger partial charge in [-0.3, -0.25) is 4.90 Å². The van der Waals surface area contributed by atoms with Gasteiger partial charge in [-0.2, -0.15) is 5.26 Å². The van der Waals surface area contributed by atoms with Gasteiger partial charge in [0.15, 0.2) is 5.82 Å². The molecule has 1 aromatic heterocycles. The van der Waals surface area contributed by atoms with Crippen LogP contribution in [0.3, 0.4) is 0 Å². The Kier molecular flexibility index (Phi) is 3.75. The molecule has 0 radical (unpaired) electrons. The smallest absolute Gasteiger partial charge is 0.153 e. The summed E-state index contributed by atoms with van der Waals surface area (Å²) >= 11 is 0. The van der Waals surface area contributed by atoms with Crippen LogP contribution in [0.4, 0.5) is 11.5 Å². The first kappa shape index (κ1) is 13.2. The summed E-state index contributed by atoms with van der Waals surface area (Å²) in [5.41, 5.74) is 7.08. The van der Waals surface area contributed by atoms with Crippen LogP contribution in [0.1, 0.15) is 31.2 Å². The zero-order valence-corrected chi connectivity index (χ0v) is 11.8. The average molecular weight is 271 g/mol. The predicted molar refractivity (Wildman–Crippen MR) is 79.4 cm³/mol. The molecule has 5 nitrogen and oxygen atoms in total. The quantitative estimate of drug-likeness (QED) is 0.884. The van der Waals surface area contributed by atoms with Crippen molar-refractivity contribution in [3.63, 3.8) is 0 Å². The highest BCUT2D eigenvalue weighted by Gasteiger charge is 2.27. The highest BCUT2D eigenvalue weighted by Crippen LogP contribution is 2.27. The second-order valence-electron chi connectivity index (χ2n) is 5.67. The third-order valence-corrected chi connectivity index (χ3v) is 4.54. The number of rotatable bonds is 2. The summed E-state index contributed by atoms with van der Waals surface area (Å²) in [5, 5.41) is 9.04. The van der Waals surface area contributed by atoms with Gasteiger partial charge < -0.3 is 10.6 Å². The van der Waals surface area contributed by atoms with E-state index in [4.69, 9.17) is 11.0 Å². The summed E-state index contributed by atoms with van der Waals surface area (Å²) in [6, 6.07) is 4.59.